The molecule has 3 heterocycles. The summed E-state index contributed by atoms with van der Waals surface area (Å²) in [5, 5.41) is 0. The lowest BCUT2D eigenvalue weighted by Crippen LogP contribution is -2.51. The van der Waals surface area contributed by atoms with Gasteiger partial charge in [0.25, 0.3) is 0 Å². The number of amides is 1. The van der Waals surface area contributed by atoms with Crippen LogP contribution in [0.1, 0.15) is 19.3 Å². The highest BCUT2D eigenvalue weighted by atomic mass is 19.1. The van der Waals surface area contributed by atoms with Crippen molar-refractivity contribution in [1.82, 2.24) is 14.0 Å². The van der Waals surface area contributed by atoms with Gasteiger partial charge in [0.15, 0.2) is 0 Å². The van der Waals surface area contributed by atoms with Gasteiger partial charge in [0, 0.05) is 32.6 Å². The molecule has 3 aromatic rings. The number of piperidine rings is 1. The van der Waals surface area contributed by atoms with Gasteiger partial charge in [-0.3, -0.25) is 13.9 Å². The number of ether oxygens (including phenoxy) is 2. The van der Waals surface area contributed by atoms with Crippen LogP contribution < -0.4 is 10.4 Å². The van der Waals surface area contributed by atoms with Gasteiger partial charge in [-0.05, 0) is 37.1 Å². The highest BCUT2D eigenvalue weighted by Gasteiger charge is 2.45. The zero-order valence-electron chi connectivity index (χ0n) is 18.0. The number of hydrogen-bond donors (Lipinski definition) is 0. The van der Waals surface area contributed by atoms with E-state index in [0.29, 0.717) is 31.9 Å². The van der Waals surface area contributed by atoms with E-state index in [9.17, 15) is 14.0 Å². The number of carbonyl (C=O) groups is 1. The highest BCUT2D eigenvalue weighted by Crippen LogP contribution is 2.36. The normalized spacial score (nSPS) is 23.2. The molecule has 1 amide bonds. The highest BCUT2D eigenvalue weighted by molar-refractivity contribution is 5.81. The molecule has 2 aliphatic rings. The maximum absolute atomic E-state index is 13.5. The van der Waals surface area contributed by atoms with E-state index in [1.54, 1.807) is 28.6 Å². The summed E-state index contributed by atoms with van der Waals surface area (Å²) in [6.07, 6.45) is 2.12. The van der Waals surface area contributed by atoms with Crippen LogP contribution in [0.2, 0.25) is 0 Å². The lowest BCUT2D eigenvalue weighted by Gasteiger charge is -2.39. The summed E-state index contributed by atoms with van der Waals surface area (Å²) < 4.78 is 28.6. The molecule has 0 aliphatic carbocycles. The van der Waals surface area contributed by atoms with Crippen molar-refractivity contribution in [3.63, 3.8) is 0 Å². The van der Waals surface area contributed by atoms with Gasteiger partial charge in [-0.2, -0.15) is 0 Å². The fraction of sp³-hybridized carbons (Fsp3) is 0.417. The van der Waals surface area contributed by atoms with E-state index in [1.807, 2.05) is 24.3 Å². The Bertz CT molecular complexity index is 1220. The second kappa shape index (κ2) is 8.09. The van der Waals surface area contributed by atoms with Crippen molar-refractivity contribution in [1.29, 1.82) is 0 Å². The maximum Gasteiger partial charge on any atom is 0.329 e. The molecule has 7 nitrogen and oxygen atoms in total. The second-order valence-corrected chi connectivity index (χ2v) is 8.73. The largest absolute Gasteiger partial charge is 0.488 e. The first-order chi connectivity index (χ1) is 15.4. The minimum Gasteiger partial charge on any atom is -0.488 e. The van der Waals surface area contributed by atoms with Crippen LogP contribution >= 0.6 is 0 Å². The van der Waals surface area contributed by atoms with E-state index in [2.05, 4.69) is 0 Å². The van der Waals surface area contributed by atoms with Crippen molar-refractivity contribution in [3.8, 4) is 5.75 Å². The number of halogens is 1. The van der Waals surface area contributed by atoms with Crippen molar-refractivity contribution in [3.05, 3.63) is 64.8 Å². The number of likely N-dealkylation sites (tertiary alicyclic amines) is 1. The number of para-hydroxylation sites is 2. The van der Waals surface area contributed by atoms with E-state index in [0.717, 1.165) is 23.9 Å². The summed E-state index contributed by atoms with van der Waals surface area (Å²) in [4.78, 5) is 27.6. The Balaban J connectivity index is 1.28. The number of nitrogens with zero attached hydrogens (tertiary/aromatic N) is 3. The molecule has 8 heteroatoms. The van der Waals surface area contributed by atoms with Crippen LogP contribution in [0.25, 0.3) is 11.0 Å². The number of aryl methyl sites for hydroxylation is 1. The molecule has 0 bridgehead atoms. The molecule has 2 atom stereocenters. The Hall–Kier alpha value is -3.13. The van der Waals surface area contributed by atoms with E-state index in [-0.39, 0.29) is 30.1 Å². The van der Waals surface area contributed by atoms with Crippen molar-refractivity contribution >= 4 is 16.9 Å². The van der Waals surface area contributed by atoms with Gasteiger partial charge in [-0.15, -0.1) is 0 Å². The van der Waals surface area contributed by atoms with Gasteiger partial charge in [-0.25, -0.2) is 9.18 Å². The number of fused-ring (bicyclic) bond motifs is 1. The average molecular weight is 439 g/mol. The fourth-order valence-electron chi connectivity index (χ4n) is 4.96. The number of rotatable bonds is 4. The topological polar surface area (TPSA) is 65.7 Å². The summed E-state index contributed by atoms with van der Waals surface area (Å²) in [5.74, 6) is 0.0459. The first-order valence-electron chi connectivity index (χ1n) is 10.9. The van der Waals surface area contributed by atoms with Gasteiger partial charge in [0.2, 0.25) is 5.91 Å². The summed E-state index contributed by atoms with van der Waals surface area (Å²) in [7, 11) is 1.71. The van der Waals surface area contributed by atoms with Gasteiger partial charge in [0.05, 0.1) is 23.2 Å². The molecule has 0 unspecified atom stereocenters. The smallest absolute Gasteiger partial charge is 0.329 e. The SMILES string of the molecule is Cn1c(=O)n(CC(=O)N2CCC[C@@]3(C[C@@H](Oc4cccc(F)c4)CO3)C2)c2ccccc21. The first-order valence-corrected chi connectivity index (χ1v) is 10.9. The lowest BCUT2D eigenvalue weighted by atomic mass is 9.89. The number of carbonyl (C=O) groups excluding carboxylic acids is 1. The average Bonchev–Trinajstić information content (AvgIpc) is 3.27. The zero-order valence-corrected chi connectivity index (χ0v) is 18.0. The Morgan fingerprint density at radius 2 is 2.03 bits per heavy atom. The third-order valence-corrected chi connectivity index (χ3v) is 6.51. The third kappa shape index (κ3) is 3.79. The quantitative estimate of drug-likeness (QED) is 0.627. The van der Waals surface area contributed by atoms with Crippen molar-refractivity contribution in [2.75, 3.05) is 19.7 Å². The van der Waals surface area contributed by atoms with Gasteiger partial charge in [0.1, 0.15) is 24.2 Å². The number of imidazole rings is 1. The molecule has 0 N–H and O–H groups in total. The predicted octanol–water partition coefficient (Wildman–Crippen LogP) is 2.71. The molecule has 1 spiro atoms. The molecule has 168 valence electrons. The summed E-state index contributed by atoms with van der Waals surface area (Å²) in [6.45, 7) is 1.51. The summed E-state index contributed by atoms with van der Waals surface area (Å²) >= 11 is 0. The minimum atomic E-state index is -0.463. The fourth-order valence-corrected chi connectivity index (χ4v) is 4.96. The molecular formula is C24H26FN3O4. The first kappa shape index (κ1) is 20.8. The van der Waals surface area contributed by atoms with Gasteiger partial charge >= 0.3 is 5.69 Å². The third-order valence-electron chi connectivity index (χ3n) is 6.51. The van der Waals surface area contributed by atoms with E-state index in [4.69, 9.17) is 9.47 Å². The molecule has 0 saturated carbocycles. The molecule has 2 fully saturated rings. The van der Waals surface area contributed by atoms with E-state index in [1.165, 1.54) is 16.7 Å². The van der Waals surface area contributed by atoms with Crippen molar-refractivity contribution in [2.45, 2.75) is 37.5 Å². The maximum atomic E-state index is 13.5. The van der Waals surface area contributed by atoms with Crippen molar-refractivity contribution < 1.29 is 18.7 Å². The molecule has 0 radical (unpaired) electrons. The van der Waals surface area contributed by atoms with Crippen LogP contribution in [-0.2, 0) is 23.1 Å². The van der Waals surface area contributed by atoms with Gasteiger partial charge < -0.3 is 14.4 Å². The Morgan fingerprint density at radius 1 is 1.22 bits per heavy atom. The molecule has 2 saturated heterocycles. The van der Waals surface area contributed by atoms with E-state index < -0.39 is 5.60 Å². The Kier molecular flexibility index (Phi) is 5.25. The van der Waals surface area contributed by atoms with Crippen LogP contribution in [-0.4, -0.2) is 51.3 Å². The van der Waals surface area contributed by atoms with Crippen LogP contribution in [0.15, 0.2) is 53.3 Å². The summed E-state index contributed by atoms with van der Waals surface area (Å²) in [5.41, 5.74) is 0.889. The van der Waals surface area contributed by atoms with Crippen LogP contribution in [0.4, 0.5) is 4.39 Å². The summed E-state index contributed by atoms with van der Waals surface area (Å²) in [6, 6.07) is 13.6. The number of hydrogen-bond acceptors (Lipinski definition) is 4. The van der Waals surface area contributed by atoms with Crippen molar-refractivity contribution in [2.24, 2.45) is 7.05 Å². The Morgan fingerprint density at radius 3 is 2.84 bits per heavy atom. The van der Waals surface area contributed by atoms with Crippen LogP contribution in [0.5, 0.6) is 5.75 Å². The van der Waals surface area contributed by atoms with Crippen LogP contribution in [0, 0.1) is 5.82 Å². The number of benzene rings is 2. The second-order valence-electron chi connectivity index (χ2n) is 8.73. The van der Waals surface area contributed by atoms with Gasteiger partial charge in [-0.1, -0.05) is 18.2 Å². The standard InChI is InChI=1S/C24H26FN3O4/c1-26-20-8-2-3-9-21(20)28(23(26)30)14-22(29)27-11-5-10-24(16-27)13-19(15-31-24)32-18-7-4-6-17(25)12-18/h2-4,6-9,12,19H,5,10-11,13-16H2,1H3/t19-,24-/m1/s1. The molecule has 2 aromatic carbocycles. The molecular weight excluding hydrogens is 413 g/mol. The predicted molar refractivity (Wildman–Crippen MR) is 117 cm³/mol. The number of aromatic nitrogens is 2. The molecule has 2 aliphatic heterocycles. The Labute approximate surface area is 184 Å². The lowest BCUT2D eigenvalue weighted by molar-refractivity contribution is -0.139. The molecule has 1 aromatic heterocycles. The zero-order chi connectivity index (χ0) is 22.3. The van der Waals surface area contributed by atoms with Crippen LogP contribution in [0.3, 0.4) is 0 Å². The van der Waals surface area contributed by atoms with E-state index >= 15 is 0 Å². The monoisotopic (exact) mass is 439 g/mol. The minimum absolute atomic E-state index is 0.000508. The molecule has 5 rings (SSSR count). The molecule has 32 heavy (non-hydrogen) atoms.